The van der Waals surface area contributed by atoms with Gasteiger partial charge in [0, 0.05) is 30.8 Å². The van der Waals surface area contributed by atoms with Crippen molar-refractivity contribution in [2.75, 3.05) is 16.8 Å². The van der Waals surface area contributed by atoms with Gasteiger partial charge in [-0.15, -0.1) is 0 Å². The van der Waals surface area contributed by atoms with E-state index in [0.717, 1.165) is 53.7 Å². The van der Waals surface area contributed by atoms with E-state index < -0.39 is 9.84 Å². The zero-order valence-electron chi connectivity index (χ0n) is 17.7. The maximum Gasteiger partial charge on any atom is 0.159 e. The second-order valence-electron chi connectivity index (χ2n) is 9.04. The summed E-state index contributed by atoms with van der Waals surface area (Å²) in [5, 5.41) is 23.3. The first-order chi connectivity index (χ1) is 14.9. The van der Waals surface area contributed by atoms with Crippen LogP contribution in [0.15, 0.2) is 17.5 Å². The molecule has 2 aliphatic heterocycles. The number of nitrogens with zero attached hydrogens (tertiary/aromatic N) is 4. The SMILES string of the molecule is CCn1ncc2c(NC3CCS(=O)(=O)CC3)c(C3=NOC4(CCC(O)CC4)C3)cnc21. The van der Waals surface area contributed by atoms with E-state index in [9.17, 15) is 13.5 Å². The zero-order chi connectivity index (χ0) is 21.6. The van der Waals surface area contributed by atoms with Crippen molar-refractivity contribution in [2.45, 2.75) is 76.2 Å². The minimum Gasteiger partial charge on any atom is -0.393 e. The molecule has 5 rings (SSSR count). The number of rotatable bonds is 4. The lowest BCUT2D eigenvalue weighted by atomic mass is 9.79. The fourth-order valence-corrected chi connectivity index (χ4v) is 6.43. The average molecular weight is 448 g/mol. The Morgan fingerprint density at radius 2 is 1.97 bits per heavy atom. The molecule has 2 aromatic rings. The van der Waals surface area contributed by atoms with Crippen molar-refractivity contribution in [3.8, 4) is 0 Å². The maximum atomic E-state index is 11.9. The fourth-order valence-electron chi connectivity index (χ4n) is 4.93. The van der Waals surface area contributed by atoms with Crippen LogP contribution in [0.25, 0.3) is 11.0 Å². The van der Waals surface area contributed by atoms with Gasteiger partial charge in [-0.3, -0.25) is 0 Å². The summed E-state index contributed by atoms with van der Waals surface area (Å²) in [5.41, 5.74) is 3.10. The number of hydrogen-bond donors (Lipinski definition) is 2. The van der Waals surface area contributed by atoms with Crippen molar-refractivity contribution in [1.82, 2.24) is 14.8 Å². The van der Waals surface area contributed by atoms with E-state index in [1.807, 2.05) is 24.0 Å². The maximum absolute atomic E-state index is 11.9. The zero-order valence-corrected chi connectivity index (χ0v) is 18.6. The molecule has 0 radical (unpaired) electrons. The first kappa shape index (κ1) is 20.7. The van der Waals surface area contributed by atoms with Gasteiger partial charge in [-0.1, -0.05) is 5.16 Å². The third kappa shape index (κ3) is 3.91. The Morgan fingerprint density at radius 3 is 2.68 bits per heavy atom. The Morgan fingerprint density at radius 1 is 1.23 bits per heavy atom. The van der Waals surface area contributed by atoms with E-state index >= 15 is 0 Å². The molecule has 9 nitrogen and oxygen atoms in total. The van der Waals surface area contributed by atoms with Gasteiger partial charge in [0.15, 0.2) is 5.65 Å². The Labute approximate surface area is 181 Å². The molecular formula is C21H29N5O4S. The van der Waals surface area contributed by atoms with Gasteiger partial charge >= 0.3 is 0 Å². The number of oxime groups is 1. The summed E-state index contributed by atoms with van der Waals surface area (Å²) in [5.74, 6) is 0.413. The number of pyridine rings is 1. The minimum atomic E-state index is -2.93. The summed E-state index contributed by atoms with van der Waals surface area (Å²) in [7, 11) is -2.93. The number of aromatic nitrogens is 3. The second kappa shape index (κ2) is 7.74. The van der Waals surface area contributed by atoms with Crippen molar-refractivity contribution < 1.29 is 18.4 Å². The van der Waals surface area contributed by atoms with Gasteiger partial charge in [-0.05, 0) is 45.4 Å². The summed E-state index contributed by atoms with van der Waals surface area (Å²) in [4.78, 5) is 10.6. The molecule has 0 aromatic carbocycles. The van der Waals surface area contributed by atoms with Crippen LogP contribution in [-0.4, -0.2) is 63.3 Å². The highest BCUT2D eigenvalue weighted by molar-refractivity contribution is 7.91. The second-order valence-corrected chi connectivity index (χ2v) is 11.3. The number of fused-ring (bicyclic) bond motifs is 1. The third-order valence-corrected chi connectivity index (χ3v) is 8.60. The Hall–Kier alpha value is -2.20. The summed E-state index contributed by atoms with van der Waals surface area (Å²) >= 11 is 0. The number of aryl methyl sites for hydroxylation is 1. The van der Waals surface area contributed by atoms with Gasteiger partial charge in [-0.2, -0.15) is 5.10 Å². The molecule has 1 saturated carbocycles. The van der Waals surface area contributed by atoms with E-state index in [-0.39, 0.29) is 29.3 Å². The molecule has 4 heterocycles. The number of hydrogen-bond acceptors (Lipinski definition) is 8. The summed E-state index contributed by atoms with van der Waals surface area (Å²) in [6.45, 7) is 2.74. The molecule has 0 unspecified atom stereocenters. The molecule has 31 heavy (non-hydrogen) atoms. The summed E-state index contributed by atoms with van der Waals surface area (Å²) in [6.07, 6.45) is 8.27. The Kier molecular flexibility index (Phi) is 5.16. The molecule has 0 bridgehead atoms. The highest BCUT2D eigenvalue weighted by Gasteiger charge is 2.43. The van der Waals surface area contributed by atoms with Crippen LogP contribution < -0.4 is 5.32 Å². The van der Waals surface area contributed by atoms with Crippen molar-refractivity contribution in [1.29, 1.82) is 0 Å². The topological polar surface area (TPSA) is 119 Å². The van der Waals surface area contributed by atoms with Gasteiger partial charge in [-0.25, -0.2) is 18.1 Å². The van der Waals surface area contributed by atoms with Crippen LogP contribution in [0.2, 0.25) is 0 Å². The Bertz CT molecular complexity index is 1100. The van der Waals surface area contributed by atoms with Gasteiger partial charge in [0.25, 0.3) is 0 Å². The molecule has 168 valence electrons. The smallest absolute Gasteiger partial charge is 0.159 e. The van der Waals surface area contributed by atoms with Crippen LogP contribution in [-0.2, 0) is 21.2 Å². The van der Waals surface area contributed by atoms with E-state index in [1.165, 1.54) is 0 Å². The van der Waals surface area contributed by atoms with Crippen molar-refractivity contribution >= 4 is 32.3 Å². The number of aliphatic hydroxyl groups excluding tert-OH is 1. The Balaban J connectivity index is 1.47. The molecule has 1 spiro atoms. The van der Waals surface area contributed by atoms with E-state index in [0.29, 0.717) is 25.8 Å². The molecule has 0 atom stereocenters. The predicted octanol–water partition coefficient (Wildman–Crippen LogP) is 2.24. The average Bonchev–Trinajstić information content (AvgIpc) is 3.37. The quantitative estimate of drug-likeness (QED) is 0.738. The van der Waals surface area contributed by atoms with Gasteiger partial charge in [0.05, 0.1) is 40.6 Å². The monoisotopic (exact) mass is 447 g/mol. The third-order valence-electron chi connectivity index (χ3n) is 6.89. The predicted molar refractivity (Wildman–Crippen MR) is 118 cm³/mol. The van der Waals surface area contributed by atoms with Crippen LogP contribution in [0.3, 0.4) is 0 Å². The first-order valence-electron chi connectivity index (χ1n) is 11.1. The fraction of sp³-hybridized carbons (Fsp3) is 0.667. The van der Waals surface area contributed by atoms with Crippen LogP contribution in [0, 0.1) is 0 Å². The van der Waals surface area contributed by atoms with E-state index in [4.69, 9.17) is 4.84 Å². The van der Waals surface area contributed by atoms with Crippen molar-refractivity contribution in [2.24, 2.45) is 5.16 Å². The lowest BCUT2D eigenvalue weighted by Crippen LogP contribution is -2.36. The molecule has 10 heteroatoms. The molecule has 0 amide bonds. The minimum absolute atomic E-state index is 0.0690. The normalized spacial score (nSPS) is 23.7. The molecule has 1 aliphatic carbocycles. The van der Waals surface area contributed by atoms with Crippen LogP contribution in [0.5, 0.6) is 0 Å². The van der Waals surface area contributed by atoms with Gasteiger partial charge in [0.1, 0.15) is 15.4 Å². The molecule has 2 fully saturated rings. The molecule has 2 aromatic heterocycles. The van der Waals surface area contributed by atoms with Gasteiger partial charge < -0.3 is 15.3 Å². The number of anilines is 1. The number of aliphatic hydroxyl groups is 1. The van der Waals surface area contributed by atoms with Crippen LogP contribution >= 0.6 is 0 Å². The van der Waals surface area contributed by atoms with Gasteiger partial charge in [0.2, 0.25) is 0 Å². The largest absolute Gasteiger partial charge is 0.393 e. The highest BCUT2D eigenvalue weighted by Crippen LogP contribution is 2.41. The summed E-state index contributed by atoms with van der Waals surface area (Å²) < 4.78 is 25.6. The van der Waals surface area contributed by atoms with Crippen molar-refractivity contribution in [3.05, 3.63) is 18.0 Å². The molecule has 1 saturated heterocycles. The van der Waals surface area contributed by atoms with E-state index in [2.05, 4.69) is 20.6 Å². The lowest BCUT2D eigenvalue weighted by molar-refractivity contribution is -0.0676. The molecular weight excluding hydrogens is 418 g/mol. The highest BCUT2D eigenvalue weighted by atomic mass is 32.2. The van der Waals surface area contributed by atoms with Crippen LogP contribution in [0.4, 0.5) is 5.69 Å². The standard InChI is InChI=1S/C21H29N5O4S/c1-2-26-20-17(13-23-26)19(24-14-5-9-31(28,29)10-6-14)16(12-22-20)18-11-21(30-25-18)7-3-15(27)4-8-21/h12-15,27H,2-11H2,1H3,(H,22,24). The van der Waals surface area contributed by atoms with Crippen molar-refractivity contribution in [3.63, 3.8) is 0 Å². The van der Waals surface area contributed by atoms with E-state index in [1.54, 1.807) is 0 Å². The van der Waals surface area contributed by atoms with Crippen LogP contribution in [0.1, 0.15) is 57.4 Å². The number of nitrogens with one attached hydrogen (secondary N) is 1. The first-order valence-corrected chi connectivity index (χ1v) is 13.0. The summed E-state index contributed by atoms with van der Waals surface area (Å²) in [6, 6.07) is 0.0690. The number of sulfone groups is 1. The lowest BCUT2D eigenvalue weighted by Gasteiger charge is -2.32. The molecule has 3 aliphatic rings. The molecule has 2 N–H and O–H groups in total.